The Kier molecular flexibility index (Phi) is 9.24. The fraction of sp³-hybridized carbons (Fsp3) is 0.522. The quantitative estimate of drug-likeness (QED) is 0.235. The Morgan fingerprint density at radius 3 is 2.31 bits per heavy atom. The van der Waals surface area contributed by atoms with Gasteiger partial charge in [-0.3, -0.25) is 4.79 Å². The number of carbonyl (C=O) groups is 1. The van der Waals surface area contributed by atoms with Gasteiger partial charge in [-0.25, -0.2) is 0 Å². The highest BCUT2D eigenvalue weighted by Gasteiger charge is 2.40. The van der Waals surface area contributed by atoms with Gasteiger partial charge in [0.05, 0.1) is 17.4 Å². The van der Waals surface area contributed by atoms with Gasteiger partial charge >= 0.3 is 0 Å². The van der Waals surface area contributed by atoms with Crippen LogP contribution in [-0.2, 0) is 9.53 Å². The minimum Gasteiger partial charge on any atom is -0.514 e. The van der Waals surface area contributed by atoms with E-state index in [9.17, 15) is 15.0 Å². The summed E-state index contributed by atoms with van der Waals surface area (Å²) in [5.74, 6) is -0.457. The highest BCUT2D eigenvalue weighted by Crippen LogP contribution is 2.30. The highest BCUT2D eigenvalue weighted by atomic mass is 35.5. The topological polar surface area (TPSA) is 87.0 Å². The maximum atomic E-state index is 11.9. The van der Waals surface area contributed by atoms with Crippen LogP contribution in [0.4, 0.5) is 0 Å². The van der Waals surface area contributed by atoms with Crippen LogP contribution in [0.15, 0.2) is 57.3 Å². The number of carbonyl (C=O) groups excluding carboxylic acids is 1. The Balaban J connectivity index is 2.67. The van der Waals surface area contributed by atoms with Gasteiger partial charge in [-0.2, -0.15) is 0 Å². The second-order valence-corrected chi connectivity index (χ2v) is 8.47. The van der Waals surface area contributed by atoms with Crippen molar-refractivity contribution in [2.45, 2.75) is 78.9 Å². The third-order valence-electron chi connectivity index (χ3n) is 5.20. The molecule has 0 bridgehead atoms. The molecule has 6 heteroatoms. The molecule has 1 aliphatic rings. The van der Waals surface area contributed by atoms with Crippen LogP contribution in [0.5, 0.6) is 0 Å². The Hall–Kier alpha value is -1.98. The molecule has 1 atom stereocenters. The number of aliphatic hydroxyl groups is 3. The molecule has 5 nitrogen and oxygen atoms in total. The molecule has 0 aromatic rings. The fourth-order valence-corrected chi connectivity index (χ4v) is 3.00. The number of Topliss-reactive ketones (excluding diaryl/α,β-unsaturated/α-hetero) is 1. The van der Waals surface area contributed by atoms with Crippen molar-refractivity contribution >= 4 is 17.4 Å². The summed E-state index contributed by atoms with van der Waals surface area (Å²) in [6.45, 7) is 10.9. The predicted octanol–water partition coefficient (Wildman–Crippen LogP) is 6.49. The Morgan fingerprint density at radius 1 is 1.17 bits per heavy atom. The van der Waals surface area contributed by atoms with Gasteiger partial charge in [-0.05, 0) is 72.0 Å². The molecule has 0 aromatic carbocycles. The first-order valence-electron chi connectivity index (χ1n) is 9.73. The number of ketones is 1. The van der Waals surface area contributed by atoms with E-state index in [2.05, 4.69) is 6.08 Å². The van der Waals surface area contributed by atoms with Gasteiger partial charge in [-0.1, -0.05) is 29.3 Å². The summed E-state index contributed by atoms with van der Waals surface area (Å²) in [5, 5.41) is 29.1. The summed E-state index contributed by atoms with van der Waals surface area (Å²) in [6.07, 6.45) is 7.22. The van der Waals surface area contributed by atoms with Gasteiger partial charge in [0.15, 0.2) is 17.3 Å². The Labute approximate surface area is 178 Å². The molecule has 3 N–H and O–H groups in total. The van der Waals surface area contributed by atoms with E-state index in [-0.39, 0.29) is 34.0 Å². The number of ether oxygens (including phenoxy) is 1. The summed E-state index contributed by atoms with van der Waals surface area (Å²) in [7, 11) is 0. The molecule has 0 amide bonds. The molecular formula is C23H33ClO5. The molecular weight excluding hydrogens is 392 g/mol. The van der Waals surface area contributed by atoms with Crippen molar-refractivity contribution in [2.24, 2.45) is 0 Å². The normalized spacial score (nSPS) is 22.5. The second-order valence-electron chi connectivity index (χ2n) is 8.07. The lowest BCUT2D eigenvalue weighted by atomic mass is 10.0. The van der Waals surface area contributed by atoms with Crippen LogP contribution in [0.3, 0.4) is 0 Å². The molecule has 0 radical (unpaired) electrons. The Bertz CT molecular complexity index is 781. The molecule has 29 heavy (non-hydrogen) atoms. The molecule has 1 saturated heterocycles. The molecule has 0 aliphatic carbocycles. The number of aliphatic hydroxyl groups excluding tert-OH is 3. The zero-order chi connectivity index (χ0) is 22.4. The van der Waals surface area contributed by atoms with E-state index < -0.39 is 5.60 Å². The SMILES string of the molecule is C\C(C/C=C(\C)CC/C=C(\C)C1CC(=O)C(C)(C)O1)=C(O)/C(O)=C(C)\C(Cl)=C\O. The van der Waals surface area contributed by atoms with Crippen molar-refractivity contribution in [2.75, 3.05) is 0 Å². The van der Waals surface area contributed by atoms with Crippen LogP contribution >= 0.6 is 11.6 Å². The van der Waals surface area contributed by atoms with Crippen molar-refractivity contribution in [3.8, 4) is 0 Å². The minimum absolute atomic E-state index is 0.0351. The Morgan fingerprint density at radius 2 is 1.79 bits per heavy atom. The molecule has 0 aromatic heterocycles. The number of hydrogen-bond donors (Lipinski definition) is 3. The van der Waals surface area contributed by atoms with E-state index in [1.807, 2.05) is 33.8 Å². The van der Waals surface area contributed by atoms with Crippen LogP contribution < -0.4 is 0 Å². The summed E-state index contributed by atoms with van der Waals surface area (Å²) in [5.41, 5.74) is 2.32. The molecule has 1 fully saturated rings. The number of rotatable bonds is 8. The van der Waals surface area contributed by atoms with Gasteiger partial charge in [0.1, 0.15) is 5.60 Å². The zero-order valence-corrected chi connectivity index (χ0v) is 18.9. The van der Waals surface area contributed by atoms with Crippen molar-refractivity contribution in [1.29, 1.82) is 0 Å². The zero-order valence-electron chi connectivity index (χ0n) is 18.2. The lowest BCUT2D eigenvalue weighted by molar-refractivity contribution is -0.129. The minimum atomic E-state index is -0.697. The third kappa shape index (κ3) is 7.09. The number of halogens is 1. The van der Waals surface area contributed by atoms with Gasteiger partial charge in [0.2, 0.25) is 0 Å². The molecule has 1 unspecified atom stereocenters. The second kappa shape index (κ2) is 10.7. The summed E-state index contributed by atoms with van der Waals surface area (Å²) >= 11 is 5.75. The highest BCUT2D eigenvalue weighted by molar-refractivity contribution is 6.31. The summed E-state index contributed by atoms with van der Waals surface area (Å²) in [6, 6.07) is 0. The van der Waals surface area contributed by atoms with E-state index in [1.54, 1.807) is 6.92 Å². The monoisotopic (exact) mass is 424 g/mol. The fourth-order valence-electron chi connectivity index (χ4n) is 2.91. The lowest BCUT2D eigenvalue weighted by Crippen LogP contribution is -2.27. The van der Waals surface area contributed by atoms with Crippen molar-refractivity contribution in [3.63, 3.8) is 0 Å². The smallest absolute Gasteiger partial charge is 0.167 e. The standard InChI is InChI=1S/C23H33ClO5/c1-14(8-7-9-15(2)19-12-20(26)23(5,6)29-19)10-11-16(3)21(27)22(28)17(4)18(24)13-25/h9-10,13,19,25,27-28H,7-8,11-12H2,1-6H3/b14-10+,15-9+,18-13-,21-16-,22-17+. The van der Waals surface area contributed by atoms with Gasteiger partial charge in [0, 0.05) is 12.0 Å². The van der Waals surface area contributed by atoms with Crippen molar-refractivity contribution in [1.82, 2.24) is 0 Å². The summed E-state index contributed by atoms with van der Waals surface area (Å²) < 4.78 is 5.83. The molecule has 162 valence electrons. The van der Waals surface area contributed by atoms with Gasteiger partial charge in [0.25, 0.3) is 0 Å². The van der Waals surface area contributed by atoms with Crippen LogP contribution in [0.2, 0.25) is 0 Å². The van der Waals surface area contributed by atoms with Crippen LogP contribution in [0, 0.1) is 0 Å². The first-order valence-corrected chi connectivity index (χ1v) is 10.1. The number of allylic oxidation sites excluding steroid dienone is 6. The first-order chi connectivity index (χ1) is 13.4. The largest absolute Gasteiger partial charge is 0.514 e. The third-order valence-corrected chi connectivity index (χ3v) is 5.59. The molecule has 1 heterocycles. The van der Waals surface area contributed by atoms with E-state index >= 15 is 0 Å². The van der Waals surface area contributed by atoms with E-state index in [4.69, 9.17) is 21.4 Å². The van der Waals surface area contributed by atoms with E-state index in [0.717, 1.165) is 24.0 Å². The molecule has 0 spiro atoms. The van der Waals surface area contributed by atoms with Crippen LogP contribution in [-0.4, -0.2) is 32.8 Å². The molecule has 1 aliphatic heterocycles. The average molecular weight is 425 g/mol. The number of hydrogen-bond acceptors (Lipinski definition) is 5. The van der Waals surface area contributed by atoms with Crippen LogP contribution in [0.25, 0.3) is 0 Å². The predicted molar refractivity (Wildman–Crippen MR) is 117 cm³/mol. The maximum Gasteiger partial charge on any atom is 0.167 e. The van der Waals surface area contributed by atoms with E-state index in [0.29, 0.717) is 24.7 Å². The first kappa shape index (κ1) is 25.1. The average Bonchev–Trinajstić information content (AvgIpc) is 2.96. The maximum absolute atomic E-state index is 11.9. The summed E-state index contributed by atoms with van der Waals surface area (Å²) in [4.78, 5) is 11.9. The lowest BCUT2D eigenvalue weighted by Gasteiger charge is -2.18. The van der Waals surface area contributed by atoms with Crippen LogP contribution in [0.1, 0.15) is 67.2 Å². The molecule has 1 rings (SSSR count). The van der Waals surface area contributed by atoms with Crippen molar-refractivity contribution in [3.05, 3.63) is 57.3 Å². The van der Waals surface area contributed by atoms with E-state index in [1.165, 1.54) is 6.92 Å². The van der Waals surface area contributed by atoms with Crippen molar-refractivity contribution < 1.29 is 24.9 Å². The van der Waals surface area contributed by atoms with Gasteiger partial charge < -0.3 is 20.1 Å². The van der Waals surface area contributed by atoms with Gasteiger partial charge in [-0.15, -0.1) is 0 Å². The molecule has 0 saturated carbocycles.